The number of hydrogen-bond acceptors (Lipinski definition) is 2. The standard InChI is InChI=1S/C14H15F3N2O2/c1-2-4-10-8-12(20)19(13(21)18-10)11-6-3-5-9(7-11)14(15,16)17/h3,5-7,10H,2,4,8H2,1H3,(H,18,21). The van der Waals surface area contributed by atoms with Crippen LogP contribution in [0.5, 0.6) is 0 Å². The van der Waals surface area contributed by atoms with E-state index >= 15 is 0 Å². The third-order valence-electron chi connectivity index (χ3n) is 3.27. The zero-order chi connectivity index (χ0) is 15.6. The minimum atomic E-state index is -4.52. The van der Waals surface area contributed by atoms with Crippen molar-refractivity contribution in [3.63, 3.8) is 0 Å². The Kier molecular flexibility index (Phi) is 4.20. The molecule has 1 aromatic rings. The fourth-order valence-corrected chi connectivity index (χ4v) is 2.31. The van der Waals surface area contributed by atoms with Crippen molar-refractivity contribution in [1.82, 2.24) is 5.32 Å². The first kappa shape index (κ1) is 15.3. The summed E-state index contributed by atoms with van der Waals surface area (Å²) in [5, 5.41) is 2.64. The number of rotatable bonds is 3. The molecule has 7 heteroatoms. The molecule has 1 aliphatic heterocycles. The summed E-state index contributed by atoms with van der Waals surface area (Å²) < 4.78 is 38.1. The van der Waals surface area contributed by atoms with Gasteiger partial charge in [-0.15, -0.1) is 0 Å². The molecule has 1 unspecified atom stereocenters. The van der Waals surface area contributed by atoms with Crippen LogP contribution in [0.25, 0.3) is 0 Å². The highest BCUT2D eigenvalue weighted by Gasteiger charge is 2.35. The molecule has 0 aliphatic carbocycles. The molecule has 0 saturated carbocycles. The molecule has 1 fully saturated rings. The number of anilines is 1. The van der Waals surface area contributed by atoms with E-state index in [0.29, 0.717) is 6.42 Å². The van der Waals surface area contributed by atoms with E-state index in [2.05, 4.69) is 5.32 Å². The molecule has 3 amide bonds. The Balaban J connectivity index is 2.26. The van der Waals surface area contributed by atoms with Gasteiger partial charge in [0.1, 0.15) is 0 Å². The lowest BCUT2D eigenvalue weighted by Crippen LogP contribution is -2.55. The molecule has 0 radical (unpaired) electrons. The average molecular weight is 300 g/mol. The molecular weight excluding hydrogens is 285 g/mol. The van der Waals surface area contributed by atoms with Crippen molar-refractivity contribution in [3.05, 3.63) is 29.8 Å². The van der Waals surface area contributed by atoms with Gasteiger partial charge in [0, 0.05) is 12.5 Å². The Morgan fingerprint density at radius 1 is 1.33 bits per heavy atom. The normalized spacial score (nSPS) is 19.6. The Hall–Kier alpha value is -2.05. The zero-order valence-corrected chi connectivity index (χ0v) is 11.4. The van der Waals surface area contributed by atoms with Crippen LogP contribution in [0.1, 0.15) is 31.7 Å². The monoisotopic (exact) mass is 300 g/mol. The first-order valence-corrected chi connectivity index (χ1v) is 6.63. The van der Waals surface area contributed by atoms with E-state index in [9.17, 15) is 22.8 Å². The Bertz CT molecular complexity index is 539. The maximum Gasteiger partial charge on any atom is 0.416 e. The van der Waals surface area contributed by atoms with Crippen molar-refractivity contribution >= 4 is 17.6 Å². The number of urea groups is 1. The van der Waals surface area contributed by atoms with Gasteiger partial charge in [0.2, 0.25) is 5.91 Å². The van der Waals surface area contributed by atoms with Crippen molar-refractivity contribution in [2.75, 3.05) is 4.90 Å². The number of carbonyl (C=O) groups excluding carboxylic acids is 2. The van der Waals surface area contributed by atoms with Crippen LogP contribution in [0, 0.1) is 0 Å². The van der Waals surface area contributed by atoms with Crippen LogP contribution in [-0.4, -0.2) is 18.0 Å². The van der Waals surface area contributed by atoms with Gasteiger partial charge in [-0.2, -0.15) is 13.2 Å². The molecule has 4 nitrogen and oxygen atoms in total. The lowest BCUT2D eigenvalue weighted by molar-refractivity contribution is -0.137. The number of halogens is 3. The summed E-state index contributed by atoms with van der Waals surface area (Å²) in [5.74, 6) is -0.489. The van der Waals surface area contributed by atoms with Gasteiger partial charge in [-0.1, -0.05) is 19.4 Å². The van der Waals surface area contributed by atoms with Crippen LogP contribution in [0.2, 0.25) is 0 Å². The van der Waals surface area contributed by atoms with Crippen LogP contribution < -0.4 is 10.2 Å². The van der Waals surface area contributed by atoms with Gasteiger partial charge in [-0.25, -0.2) is 9.69 Å². The van der Waals surface area contributed by atoms with Gasteiger partial charge in [0.05, 0.1) is 11.3 Å². The summed E-state index contributed by atoms with van der Waals surface area (Å²) >= 11 is 0. The molecule has 1 aromatic carbocycles. The second-order valence-electron chi connectivity index (χ2n) is 4.92. The first-order chi connectivity index (χ1) is 9.82. The van der Waals surface area contributed by atoms with E-state index in [1.807, 2.05) is 6.92 Å². The highest BCUT2D eigenvalue weighted by atomic mass is 19.4. The summed E-state index contributed by atoms with van der Waals surface area (Å²) in [5.41, 5.74) is -0.960. The summed E-state index contributed by atoms with van der Waals surface area (Å²) in [7, 11) is 0. The number of benzene rings is 1. The fraction of sp³-hybridized carbons (Fsp3) is 0.429. The Labute approximate surface area is 119 Å². The van der Waals surface area contributed by atoms with E-state index in [0.717, 1.165) is 23.5 Å². The number of alkyl halides is 3. The summed E-state index contributed by atoms with van der Waals surface area (Å²) in [4.78, 5) is 24.8. The molecular formula is C14H15F3N2O2. The van der Waals surface area contributed by atoms with Crippen molar-refractivity contribution in [3.8, 4) is 0 Å². The molecule has 0 aromatic heterocycles. The summed E-state index contributed by atoms with van der Waals surface area (Å²) in [6.45, 7) is 1.93. The fourth-order valence-electron chi connectivity index (χ4n) is 2.31. The van der Waals surface area contributed by atoms with Crippen molar-refractivity contribution in [1.29, 1.82) is 0 Å². The highest BCUT2D eigenvalue weighted by molar-refractivity contribution is 6.16. The topological polar surface area (TPSA) is 49.4 Å². The molecule has 1 saturated heterocycles. The third kappa shape index (κ3) is 3.34. The van der Waals surface area contributed by atoms with Crippen LogP contribution in [0.3, 0.4) is 0 Å². The van der Waals surface area contributed by atoms with E-state index in [1.165, 1.54) is 12.1 Å². The minimum Gasteiger partial charge on any atom is -0.334 e. The SMILES string of the molecule is CCCC1CC(=O)N(c2cccc(C(F)(F)F)c2)C(=O)N1. The Morgan fingerprint density at radius 2 is 2.05 bits per heavy atom. The lowest BCUT2D eigenvalue weighted by atomic mass is 10.0. The Morgan fingerprint density at radius 3 is 2.62 bits per heavy atom. The van der Waals surface area contributed by atoms with Crippen LogP contribution >= 0.6 is 0 Å². The molecule has 0 bridgehead atoms. The minimum absolute atomic E-state index is 0.0673. The number of nitrogens with one attached hydrogen (secondary N) is 1. The molecule has 0 spiro atoms. The highest BCUT2D eigenvalue weighted by Crippen LogP contribution is 2.32. The molecule has 114 valence electrons. The van der Waals surface area contributed by atoms with Crippen molar-refractivity contribution in [2.45, 2.75) is 38.4 Å². The van der Waals surface area contributed by atoms with E-state index < -0.39 is 23.7 Å². The maximum atomic E-state index is 12.7. The third-order valence-corrected chi connectivity index (χ3v) is 3.27. The van der Waals surface area contributed by atoms with E-state index in [4.69, 9.17) is 0 Å². The second kappa shape index (κ2) is 5.75. The smallest absolute Gasteiger partial charge is 0.334 e. The van der Waals surface area contributed by atoms with Crippen molar-refractivity contribution in [2.24, 2.45) is 0 Å². The number of imide groups is 1. The number of hydrogen-bond donors (Lipinski definition) is 1. The van der Waals surface area contributed by atoms with Crippen LogP contribution in [-0.2, 0) is 11.0 Å². The quantitative estimate of drug-likeness (QED) is 0.931. The lowest BCUT2D eigenvalue weighted by Gasteiger charge is -2.31. The van der Waals surface area contributed by atoms with Gasteiger partial charge in [-0.05, 0) is 24.6 Å². The van der Waals surface area contributed by atoms with E-state index in [1.54, 1.807) is 0 Å². The van der Waals surface area contributed by atoms with Gasteiger partial charge in [0.25, 0.3) is 0 Å². The van der Waals surface area contributed by atoms with Crippen molar-refractivity contribution < 1.29 is 22.8 Å². The van der Waals surface area contributed by atoms with Gasteiger partial charge >= 0.3 is 12.2 Å². The first-order valence-electron chi connectivity index (χ1n) is 6.63. The van der Waals surface area contributed by atoms with Gasteiger partial charge < -0.3 is 5.32 Å². The maximum absolute atomic E-state index is 12.7. The van der Waals surface area contributed by atoms with Gasteiger partial charge in [-0.3, -0.25) is 4.79 Å². The summed E-state index contributed by atoms with van der Waals surface area (Å²) in [6.07, 6.45) is -2.96. The predicted octanol–water partition coefficient (Wildman–Crippen LogP) is 3.32. The number of amides is 3. The number of nitrogens with zero attached hydrogens (tertiary/aromatic N) is 1. The molecule has 1 heterocycles. The van der Waals surface area contributed by atoms with Crippen LogP contribution in [0.15, 0.2) is 24.3 Å². The van der Waals surface area contributed by atoms with Gasteiger partial charge in [0.15, 0.2) is 0 Å². The molecule has 2 rings (SSSR count). The summed E-state index contributed by atoms with van der Waals surface area (Å²) in [6, 6.07) is 3.26. The predicted molar refractivity (Wildman–Crippen MR) is 70.8 cm³/mol. The molecule has 1 N–H and O–H groups in total. The molecule has 1 aliphatic rings. The van der Waals surface area contributed by atoms with E-state index in [-0.39, 0.29) is 18.2 Å². The molecule has 1 atom stereocenters. The zero-order valence-electron chi connectivity index (χ0n) is 11.4. The average Bonchev–Trinajstić information content (AvgIpc) is 2.37. The number of carbonyl (C=O) groups is 2. The molecule has 21 heavy (non-hydrogen) atoms. The van der Waals surface area contributed by atoms with Crippen LogP contribution in [0.4, 0.5) is 23.7 Å². The second-order valence-corrected chi connectivity index (χ2v) is 4.92. The largest absolute Gasteiger partial charge is 0.416 e.